The number of carboxylic acids is 1. The lowest BCUT2D eigenvalue weighted by molar-refractivity contribution is 0.0657. The minimum absolute atomic E-state index is 0.0307. The van der Waals surface area contributed by atoms with Gasteiger partial charge in [0.25, 0.3) is 0 Å². The zero-order valence-electron chi connectivity index (χ0n) is 11.1. The molecule has 0 unspecified atom stereocenters. The van der Waals surface area contributed by atoms with Crippen LogP contribution in [0, 0.1) is 6.92 Å². The first kappa shape index (κ1) is 13.4. The maximum atomic E-state index is 10.9. The van der Waals surface area contributed by atoms with Gasteiger partial charge in [-0.05, 0) is 25.6 Å². The molecular weight excluding hydrogens is 242 g/mol. The monoisotopic (exact) mass is 259 g/mol. The molecule has 19 heavy (non-hydrogen) atoms. The molecule has 0 saturated carbocycles. The molecular formula is C15H17NO3. The fourth-order valence-electron chi connectivity index (χ4n) is 2.06. The Kier molecular flexibility index (Phi) is 4.02. The van der Waals surface area contributed by atoms with E-state index in [1.165, 1.54) is 5.56 Å². The molecule has 100 valence electrons. The van der Waals surface area contributed by atoms with Gasteiger partial charge in [-0.1, -0.05) is 30.3 Å². The maximum absolute atomic E-state index is 10.9. The van der Waals surface area contributed by atoms with Crippen LogP contribution >= 0.6 is 0 Å². The molecule has 1 aromatic heterocycles. The lowest BCUT2D eigenvalue weighted by Gasteiger charge is -2.14. The molecule has 0 aliphatic heterocycles. The van der Waals surface area contributed by atoms with Crippen LogP contribution in [0.2, 0.25) is 0 Å². The van der Waals surface area contributed by atoms with Crippen LogP contribution in [0.3, 0.4) is 0 Å². The van der Waals surface area contributed by atoms with E-state index in [0.717, 1.165) is 6.54 Å². The van der Waals surface area contributed by atoms with Crippen molar-refractivity contribution in [1.29, 1.82) is 0 Å². The molecule has 2 rings (SSSR count). The number of rotatable bonds is 5. The van der Waals surface area contributed by atoms with Crippen LogP contribution < -0.4 is 0 Å². The highest BCUT2D eigenvalue weighted by molar-refractivity contribution is 5.86. The molecule has 0 saturated heterocycles. The van der Waals surface area contributed by atoms with Crippen LogP contribution in [0.5, 0.6) is 0 Å². The summed E-state index contributed by atoms with van der Waals surface area (Å²) in [6, 6.07) is 11.9. The third kappa shape index (κ3) is 3.45. The summed E-state index contributed by atoms with van der Waals surface area (Å²) >= 11 is 0. The number of aromatic carboxylic acids is 1. The van der Waals surface area contributed by atoms with Gasteiger partial charge in [-0.25, -0.2) is 4.79 Å². The van der Waals surface area contributed by atoms with Crippen molar-refractivity contribution >= 4 is 5.97 Å². The van der Waals surface area contributed by atoms with Crippen LogP contribution in [0.1, 0.15) is 27.4 Å². The smallest absolute Gasteiger partial charge is 0.372 e. The predicted octanol–water partition coefficient (Wildman–Crippen LogP) is 2.92. The number of furan rings is 1. The van der Waals surface area contributed by atoms with Gasteiger partial charge < -0.3 is 9.52 Å². The summed E-state index contributed by atoms with van der Waals surface area (Å²) < 4.78 is 5.34. The van der Waals surface area contributed by atoms with Crippen molar-refractivity contribution in [3.63, 3.8) is 0 Å². The van der Waals surface area contributed by atoms with Gasteiger partial charge in [0.05, 0.1) is 6.54 Å². The molecule has 0 aliphatic carbocycles. The summed E-state index contributed by atoms with van der Waals surface area (Å²) in [5.74, 6) is -0.314. The molecule has 1 heterocycles. The van der Waals surface area contributed by atoms with Gasteiger partial charge in [0, 0.05) is 12.1 Å². The van der Waals surface area contributed by atoms with Crippen LogP contribution in [0.15, 0.2) is 40.8 Å². The number of hydrogen-bond donors (Lipinski definition) is 1. The van der Waals surface area contributed by atoms with Gasteiger partial charge in [-0.15, -0.1) is 0 Å². The van der Waals surface area contributed by atoms with Crippen molar-refractivity contribution in [1.82, 2.24) is 4.90 Å². The number of carbonyl (C=O) groups is 1. The van der Waals surface area contributed by atoms with Gasteiger partial charge in [0.15, 0.2) is 0 Å². The molecule has 0 spiro atoms. The van der Waals surface area contributed by atoms with Crippen molar-refractivity contribution in [3.05, 3.63) is 59.0 Å². The van der Waals surface area contributed by atoms with Gasteiger partial charge >= 0.3 is 5.97 Å². The van der Waals surface area contributed by atoms with E-state index in [1.807, 2.05) is 25.2 Å². The second-order valence-corrected chi connectivity index (χ2v) is 4.69. The third-order valence-electron chi connectivity index (χ3n) is 2.88. The normalized spacial score (nSPS) is 10.9. The Hall–Kier alpha value is -2.07. The summed E-state index contributed by atoms with van der Waals surface area (Å²) in [6.45, 7) is 3.12. The van der Waals surface area contributed by atoms with Gasteiger partial charge in [0.1, 0.15) is 5.76 Å². The molecule has 4 heteroatoms. The van der Waals surface area contributed by atoms with Crippen molar-refractivity contribution in [2.24, 2.45) is 0 Å². The van der Waals surface area contributed by atoms with E-state index in [9.17, 15) is 4.79 Å². The Morgan fingerprint density at radius 3 is 2.53 bits per heavy atom. The van der Waals surface area contributed by atoms with E-state index in [1.54, 1.807) is 13.0 Å². The maximum Gasteiger partial charge on any atom is 0.372 e. The van der Waals surface area contributed by atoms with Crippen LogP contribution in [-0.2, 0) is 13.1 Å². The quantitative estimate of drug-likeness (QED) is 0.897. The Labute approximate surface area is 112 Å². The molecule has 0 bridgehead atoms. The van der Waals surface area contributed by atoms with Gasteiger partial charge in [-0.2, -0.15) is 0 Å². The molecule has 2 aromatic rings. The summed E-state index contributed by atoms with van der Waals surface area (Å²) in [5.41, 5.74) is 1.88. The highest BCUT2D eigenvalue weighted by Gasteiger charge is 2.15. The Morgan fingerprint density at radius 1 is 1.26 bits per heavy atom. The molecule has 0 fully saturated rings. The zero-order valence-corrected chi connectivity index (χ0v) is 11.1. The fraction of sp³-hybridized carbons (Fsp3) is 0.267. The largest absolute Gasteiger partial charge is 0.475 e. The fourth-order valence-corrected chi connectivity index (χ4v) is 2.06. The predicted molar refractivity (Wildman–Crippen MR) is 72.0 cm³/mol. The van der Waals surface area contributed by atoms with Crippen molar-refractivity contribution in [2.45, 2.75) is 20.0 Å². The lowest BCUT2D eigenvalue weighted by Crippen LogP contribution is -2.16. The van der Waals surface area contributed by atoms with Crippen molar-refractivity contribution in [3.8, 4) is 0 Å². The van der Waals surface area contributed by atoms with Crippen LogP contribution in [0.4, 0.5) is 0 Å². The number of aryl methyl sites for hydroxylation is 1. The van der Waals surface area contributed by atoms with Crippen molar-refractivity contribution < 1.29 is 14.3 Å². The highest BCUT2D eigenvalue weighted by Crippen LogP contribution is 2.16. The second kappa shape index (κ2) is 5.71. The first-order valence-electron chi connectivity index (χ1n) is 6.11. The Bertz CT molecular complexity index is 560. The number of carboxylic acid groups (broad SMARTS) is 1. The molecule has 1 aromatic carbocycles. The summed E-state index contributed by atoms with van der Waals surface area (Å²) in [7, 11) is 1.98. The second-order valence-electron chi connectivity index (χ2n) is 4.69. The molecule has 0 aliphatic rings. The number of nitrogens with zero attached hydrogens (tertiary/aromatic N) is 1. The average molecular weight is 259 g/mol. The molecule has 4 nitrogen and oxygen atoms in total. The summed E-state index contributed by atoms with van der Waals surface area (Å²) in [4.78, 5) is 13.0. The van der Waals surface area contributed by atoms with Crippen molar-refractivity contribution in [2.75, 3.05) is 7.05 Å². The first-order valence-corrected chi connectivity index (χ1v) is 6.11. The van der Waals surface area contributed by atoms with Crippen LogP contribution in [0.25, 0.3) is 0 Å². The molecule has 1 N–H and O–H groups in total. The SMILES string of the molecule is Cc1cc(CN(C)Cc2ccccc2)oc1C(=O)O. The Balaban J connectivity index is 2.01. The minimum Gasteiger partial charge on any atom is -0.475 e. The van der Waals surface area contributed by atoms with E-state index >= 15 is 0 Å². The standard InChI is InChI=1S/C15H17NO3/c1-11-8-13(19-14(11)15(17)18)10-16(2)9-12-6-4-3-5-7-12/h3-8H,9-10H2,1-2H3,(H,17,18). The lowest BCUT2D eigenvalue weighted by atomic mass is 10.2. The van der Waals surface area contributed by atoms with E-state index in [4.69, 9.17) is 9.52 Å². The van der Waals surface area contributed by atoms with E-state index in [-0.39, 0.29) is 5.76 Å². The third-order valence-corrected chi connectivity index (χ3v) is 2.88. The summed E-state index contributed by atoms with van der Waals surface area (Å²) in [5, 5.41) is 8.94. The number of hydrogen-bond acceptors (Lipinski definition) is 3. The highest BCUT2D eigenvalue weighted by atomic mass is 16.4. The molecule has 0 radical (unpaired) electrons. The Morgan fingerprint density at radius 2 is 1.95 bits per heavy atom. The molecule has 0 atom stereocenters. The van der Waals surface area contributed by atoms with Gasteiger partial charge in [0.2, 0.25) is 5.76 Å². The zero-order chi connectivity index (χ0) is 13.8. The average Bonchev–Trinajstić information content (AvgIpc) is 2.71. The van der Waals surface area contributed by atoms with Gasteiger partial charge in [-0.3, -0.25) is 4.90 Å². The van der Waals surface area contributed by atoms with E-state index < -0.39 is 5.97 Å². The first-order chi connectivity index (χ1) is 9.06. The minimum atomic E-state index is -1.02. The topological polar surface area (TPSA) is 53.7 Å². The van der Waals surface area contributed by atoms with E-state index in [0.29, 0.717) is 17.9 Å². The molecule has 0 amide bonds. The summed E-state index contributed by atoms with van der Waals surface area (Å²) in [6.07, 6.45) is 0. The number of benzene rings is 1. The van der Waals surface area contributed by atoms with E-state index in [2.05, 4.69) is 17.0 Å². The van der Waals surface area contributed by atoms with Crippen LogP contribution in [-0.4, -0.2) is 23.0 Å².